The van der Waals surface area contributed by atoms with Gasteiger partial charge in [-0.2, -0.15) is 0 Å². The van der Waals surface area contributed by atoms with Crippen molar-refractivity contribution < 1.29 is 9.53 Å². The molecule has 0 spiro atoms. The van der Waals surface area contributed by atoms with Gasteiger partial charge in [-0.15, -0.1) is 0 Å². The summed E-state index contributed by atoms with van der Waals surface area (Å²) in [7, 11) is 4.14. The molecule has 0 saturated carbocycles. The topological polar surface area (TPSA) is 53.6 Å². The van der Waals surface area contributed by atoms with E-state index in [-0.39, 0.29) is 12.0 Å². The van der Waals surface area contributed by atoms with Crippen molar-refractivity contribution in [3.05, 3.63) is 0 Å². The molecular formula is C13H27N3O2. The standard InChI is InChI=1S/C13H27N3O2/c1-16(2)9-4-7-14-8-6-13(17)15-11-12-5-3-10-18-12/h12,14H,3-11H2,1-2H3,(H,15,17). The predicted octanol–water partition coefficient (Wildman–Crippen LogP) is 0.213. The number of rotatable bonds is 9. The van der Waals surface area contributed by atoms with Gasteiger partial charge in [-0.1, -0.05) is 0 Å². The van der Waals surface area contributed by atoms with Gasteiger partial charge in [0.05, 0.1) is 6.10 Å². The minimum Gasteiger partial charge on any atom is -0.376 e. The van der Waals surface area contributed by atoms with Crippen LogP contribution >= 0.6 is 0 Å². The third-order valence-corrected chi connectivity index (χ3v) is 3.04. The van der Waals surface area contributed by atoms with Crippen LogP contribution < -0.4 is 10.6 Å². The van der Waals surface area contributed by atoms with E-state index in [1.54, 1.807) is 0 Å². The zero-order valence-electron chi connectivity index (χ0n) is 11.7. The Bertz CT molecular complexity index is 228. The van der Waals surface area contributed by atoms with Crippen LogP contribution in [0.3, 0.4) is 0 Å². The second kappa shape index (κ2) is 9.30. The maximum Gasteiger partial charge on any atom is 0.221 e. The summed E-state index contributed by atoms with van der Waals surface area (Å²) < 4.78 is 5.45. The van der Waals surface area contributed by atoms with E-state index in [0.717, 1.165) is 45.5 Å². The van der Waals surface area contributed by atoms with Crippen LogP contribution in [0.25, 0.3) is 0 Å². The van der Waals surface area contributed by atoms with Crippen molar-refractivity contribution in [1.29, 1.82) is 0 Å². The summed E-state index contributed by atoms with van der Waals surface area (Å²) in [6.07, 6.45) is 4.10. The Labute approximate surface area is 110 Å². The lowest BCUT2D eigenvalue weighted by Gasteiger charge is -2.11. The lowest BCUT2D eigenvalue weighted by molar-refractivity contribution is -0.121. The highest BCUT2D eigenvalue weighted by atomic mass is 16.5. The number of nitrogens with zero attached hydrogens (tertiary/aromatic N) is 1. The maximum absolute atomic E-state index is 11.5. The van der Waals surface area contributed by atoms with Crippen molar-refractivity contribution >= 4 is 5.91 Å². The molecule has 1 heterocycles. The van der Waals surface area contributed by atoms with Crippen molar-refractivity contribution in [2.24, 2.45) is 0 Å². The van der Waals surface area contributed by atoms with Gasteiger partial charge in [-0.25, -0.2) is 0 Å². The molecule has 1 amide bonds. The van der Waals surface area contributed by atoms with Gasteiger partial charge in [0.25, 0.3) is 0 Å². The summed E-state index contributed by atoms with van der Waals surface area (Å²) in [5.74, 6) is 0.116. The molecule has 5 nitrogen and oxygen atoms in total. The van der Waals surface area contributed by atoms with E-state index in [1.165, 1.54) is 0 Å². The minimum atomic E-state index is 0.116. The molecule has 0 aromatic carbocycles. The van der Waals surface area contributed by atoms with Crippen molar-refractivity contribution in [3.63, 3.8) is 0 Å². The largest absolute Gasteiger partial charge is 0.376 e. The molecule has 18 heavy (non-hydrogen) atoms. The van der Waals surface area contributed by atoms with E-state index in [2.05, 4.69) is 29.6 Å². The molecule has 1 fully saturated rings. The first kappa shape index (κ1) is 15.4. The van der Waals surface area contributed by atoms with Crippen molar-refractivity contribution in [3.8, 4) is 0 Å². The first-order valence-corrected chi connectivity index (χ1v) is 6.92. The molecule has 1 aliphatic heterocycles. The number of ether oxygens (including phenoxy) is 1. The van der Waals surface area contributed by atoms with Crippen molar-refractivity contribution in [2.45, 2.75) is 31.8 Å². The van der Waals surface area contributed by atoms with Crippen LogP contribution in [0.4, 0.5) is 0 Å². The highest BCUT2D eigenvalue weighted by molar-refractivity contribution is 5.76. The zero-order valence-corrected chi connectivity index (χ0v) is 11.7. The van der Waals surface area contributed by atoms with E-state index in [9.17, 15) is 4.79 Å². The molecule has 0 aromatic heterocycles. The van der Waals surface area contributed by atoms with Crippen molar-refractivity contribution in [1.82, 2.24) is 15.5 Å². The molecule has 2 N–H and O–H groups in total. The average molecular weight is 257 g/mol. The highest BCUT2D eigenvalue weighted by Gasteiger charge is 2.15. The number of hydrogen-bond acceptors (Lipinski definition) is 4. The summed E-state index contributed by atoms with van der Waals surface area (Å²) in [6, 6.07) is 0. The van der Waals surface area contributed by atoms with Gasteiger partial charge >= 0.3 is 0 Å². The fraction of sp³-hybridized carbons (Fsp3) is 0.923. The molecule has 0 bridgehead atoms. The van der Waals surface area contributed by atoms with E-state index in [1.807, 2.05) is 0 Å². The fourth-order valence-electron chi connectivity index (χ4n) is 1.97. The number of hydrogen-bond donors (Lipinski definition) is 2. The number of amides is 1. The molecule has 0 radical (unpaired) electrons. The molecule has 1 atom stereocenters. The van der Waals surface area contributed by atoms with E-state index >= 15 is 0 Å². The monoisotopic (exact) mass is 257 g/mol. The van der Waals surface area contributed by atoms with Crippen molar-refractivity contribution in [2.75, 3.05) is 46.9 Å². The molecule has 0 aromatic rings. The molecule has 1 rings (SSSR count). The van der Waals surface area contributed by atoms with E-state index < -0.39 is 0 Å². The molecule has 1 unspecified atom stereocenters. The van der Waals surface area contributed by atoms with Crippen LogP contribution in [0.5, 0.6) is 0 Å². The third-order valence-electron chi connectivity index (χ3n) is 3.04. The van der Waals surface area contributed by atoms with Gasteiger partial charge < -0.3 is 20.3 Å². The number of carbonyl (C=O) groups is 1. The van der Waals surface area contributed by atoms with Gasteiger partial charge in [-0.3, -0.25) is 4.79 Å². The summed E-state index contributed by atoms with van der Waals surface area (Å²) in [6.45, 7) is 4.31. The molecule has 1 aliphatic rings. The van der Waals surface area contributed by atoms with Crippen LogP contribution in [-0.2, 0) is 9.53 Å². The normalized spacial score (nSPS) is 19.4. The first-order valence-electron chi connectivity index (χ1n) is 6.92. The summed E-state index contributed by atoms with van der Waals surface area (Å²) in [5, 5.41) is 6.20. The zero-order chi connectivity index (χ0) is 13.2. The Balaban J connectivity index is 1.87. The Hall–Kier alpha value is -0.650. The Morgan fingerprint density at radius 2 is 2.22 bits per heavy atom. The Kier molecular flexibility index (Phi) is 7.96. The lowest BCUT2D eigenvalue weighted by Crippen LogP contribution is -2.33. The van der Waals surface area contributed by atoms with E-state index in [4.69, 9.17) is 4.74 Å². The average Bonchev–Trinajstić information content (AvgIpc) is 2.83. The molecule has 0 aliphatic carbocycles. The van der Waals surface area contributed by atoms with Crippen LogP contribution in [-0.4, -0.2) is 63.8 Å². The van der Waals surface area contributed by atoms with Crippen LogP contribution in [0.15, 0.2) is 0 Å². The van der Waals surface area contributed by atoms with Gasteiger partial charge in [-0.05, 0) is 46.4 Å². The smallest absolute Gasteiger partial charge is 0.221 e. The summed E-state index contributed by atoms with van der Waals surface area (Å²) in [4.78, 5) is 13.7. The second-order valence-electron chi connectivity index (χ2n) is 5.10. The highest BCUT2D eigenvalue weighted by Crippen LogP contribution is 2.10. The van der Waals surface area contributed by atoms with Gasteiger partial charge in [0.15, 0.2) is 0 Å². The quantitative estimate of drug-likeness (QED) is 0.580. The van der Waals surface area contributed by atoms with Crippen LogP contribution in [0.2, 0.25) is 0 Å². The fourth-order valence-corrected chi connectivity index (χ4v) is 1.97. The number of carbonyl (C=O) groups excluding carboxylic acids is 1. The van der Waals surface area contributed by atoms with E-state index in [0.29, 0.717) is 13.0 Å². The molecule has 1 saturated heterocycles. The Morgan fingerprint density at radius 1 is 1.39 bits per heavy atom. The summed E-state index contributed by atoms with van der Waals surface area (Å²) >= 11 is 0. The maximum atomic E-state index is 11.5. The summed E-state index contributed by atoms with van der Waals surface area (Å²) in [5.41, 5.74) is 0. The van der Waals surface area contributed by atoms with Crippen LogP contribution in [0, 0.1) is 0 Å². The minimum absolute atomic E-state index is 0.116. The molecule has 5 heteroatoms. The number of nitrogens with one attached hydrogen (secondary N) is 2. The van der Waals surface area contributed by atoms with Gasteiger partial charge in [0.2, 0.25) is 5.91 Å². The second-order valence-corrected chi connectivity index (χ2v) is 5.10. The van der Waals surface area contributed by atoms with Gasteiger partial charge in [0.1, 0.15) is 0 Å². The SMILES string of the molecule is CN(C)CCCNCCC(=O)NCC1CCCO1. The van der Waals surface area contributed by atoms with Crippen LogP contribution in [0.1, 0.15) is 25.7 Å². The Morgan fingerprint density at radius 3 is 2.89 bits per heavy atom. The molecular weight excluding hydrogens is 230 g/mol. The predicted molar refractivity (Wildman–Crippen MR) is 72.6 cm³/mol. The van der Waals surface area contributed by atoms with Gasteiger partial charge in [0, 0.05) is 26.1 Å². The molecule has 106 valence electrons. The third kappa shape index (κ3) is 7.63. The lowest BCUT2D eigenvalue weighted by atomic mass is 10.2. The first-order chi connectivity index (χ1) is 8.68.